The Morgan fingerprint density at radius 1 is 1.50 bits per heavy atom. The van der Waals surface area contributed by atoms with E-state index in [1.54, 1.807) is 14.0 Å². The van der Waals surface area contributed by atoms with Crippen LogP contribution >= 0.6 is 0 Å². The second-order valence-electron chi connectivity index (χ2n) is 2.60. The van der Waals surface area contributed by atoms with Crippen molar-refractivity contribution >= 4 is 0 Å². The maximum atomic E-state index is 12.1. The van der Waals surface area contributed by atoms with Crippen molar-refractivity contribution in [2.75, 3.05) is 27.1 Å². The van der Waals surface area contributed by atoms with Gasteiger partial charge in [0, 0.05) is 7.11 Å². The molecule has 0 aromatic heterocycles. The molecule has 0 aliphatic rings. The van der Waals surface area contributed by atoms with Gasteiger partial charge in [-0.05, 0) is 6.42 Å². The van der Waals surface area contributed by atoms with Crippen molar-refractivity contribution < 1.29 is 23.7 Å². The summed E-state index contributed by atoms with van der Waals surface area (Å²) in [5.74, 6) is -0.107. The van der Waals surface area contributed by atoms with Crippen LogP contribution in [0.4, 0.5) is 4.39 Å². The number of rotatable bonds is 8. The van der Waals surface area contributed by atoms with Crippen LogP contribution in [0.3, 0.4) is 0 Å². The number of methoxy groups -OCH3 is 1. The predicted octanol–water partition coefficient (Wildman–Crippen LogP) is 1.21. The summed E-state index contributed by atoms with van der Waals surface area (Å²) in [7, 11) is 1.55. The highest BCUT2D eigenvalue weighted by atomic mass is 19.1. The van der Waals surface area contributed by atoms with Crippen LogP contribution in [-0.2, 0) is 14.2 Å². The molecule has 0 fully saturated rings. The Morgan fingerprint density at radius 3 is 2.71 bits per heavy atom. The summed E-state index contributed by atoms with van der Waals surface area (Å²) in [6.45, 7) is 2.46. The molecule has 0 amide bonds. The van der Waals surface area contributed by atoms with Gasteiger partial charge in [-0.15, -0.1) is 0 Å². The Kier molecular flexibility index (Phi) is 8.51. The smallest absolute Gasteiger partial charge is 0.188 e. The van der Waals surface area contributed by atoms with Crippen molar-refractivity contribution in [2.24, 2.45) is 0 Å². The van der Waals surface area contributed by atoms with E-state index in [1.165, 1.54) is 0 Å². The number of aliphatic hydroxyl groups is 1. The van der Waals surface area contributed by atoms with Crippen molar-refractivity contribution in [3.8, 4) is 0 Å². The Hall–Kier alpha value is -0.650. The van der Waals surface area contributed by atoms with Crippen LogP contribution in [0.1, 0.15) is 13.3 Å². The van der Waals surface area contributed by atoms with Crippen molar-refractivity contribution in [1.29, 1.82) is 0 Å². The predicted molar refractivity (Wildman–Crippen MR) is 49.3 cm³/mol. The maximum absolute atomic E-state index is 12.1. The lowest BCUT2D eigenvalue weighted by Gasteiger charge is -2.13. The van der Waals surface area contributed by atoms with Crippen LogP contribution in [0.15, 0.2) is 12.1 Å². The second kappa shape index (κ2) is 8.93. The second-order valence-corrected chi connectivity index (χ2v) is 2.60. The molecule has 1 atom stereocenters. The summed E-state index contributed by atoms with van der Waals surface area (Å²) in [6, 6.07) is 0. The molecule has 14 heavy (non-hydrogen) atoms. The fraction of sp³-hybridized carbons (Fsp3) is 0.778. The molecule has 0 aromatic carbocycles. The number of ether oxygens (including phenoxy) is 3. The third-order valence-electron chi connectivity index (χ3n) is 1.56. The first-order valence-electron chi connectivity index (χ1n) is 4.44. The molecule has 0 radical (unpaired) electrons. The minimum atomic E-state index is -0.911. The molecule has 1 N–H and O–H groups in total. The molecule has 0 spiro atoms. The first-order valence-corrected chi connectivity index (χ1v) is 4.44. The van der Waals surface area contributed by atoms with Crippen molar-refractivity contribution in [3.05, 3.63) is 12.1 Å². The van der Waals surface area contributed by atoms with Gasteiger partial charge >= 0.3 is 0 Å². The van der Waals surface area contributed by atoms with Gasteiger partial charge in [0.05, 0.1) is 13.2 Å². The number of hydrogen-bond acceptors (Lipinski definition) is 4. The first kappa shape index (κ1) is 13.4. The Balaban J connectivity index is 3.54. The van der Waals surface area contributed by atoms with Crippen LogP contribution < -0.4 is 0 Å². The summed E-state index contributed by atoms with van der Waals surface area (Å²) in [4.78, 5) is 0. The number of hydrogen-bond donors (Lipinski definition) is 1. The standard InChI is InChI=1S/C9H17FO4/c1-3-8(11)9(6-10)14-7-13-5-4-12-2/h6,8,11H,3-5,7H2,1-2H3/b9-6+. The van der Waals surface area contributed by atoms with Gasteiger partial charge in [0.15, 0.2) is 12.6 Å². The molecule has 0 heterocycles. The van der Waals surface area contributed by atoms with Gasteiger partial charge in [-0.2, -0.15) is 0 Å². The van der Waals surface area contributed by atoms with Crippen molar-refractivity contribution in [2.45, 2.75) is 19.4 Å². The van der Waals surface area contributed by atoms with Gasteiger partial charge in [-0.3, -0.25) is 0 Å². The van der Waals surface area contributed by atoms with Crippen LogP contribution in [-0.4, -0.2) is 38.3 Å². The van der Waals surface area contributed by atoms with Crippen LogP contribution in [0, 0.1) is 0 Å². The zero-order chi connectivity index (χ0) is 10.8. The quantitative estimate of drug-likeness (QED) is 0.370. The SMILES string of the molecule is CCC(O)/C(=C\F)OCOCCOC. The van der Waals surface area contributed by atoms with Gasteiger partial charge in [0.25, 0.3) is 0 Å². The van der Waals surface area contributed by atoms with Crippen LogP contribution in [0.25, 0.3) is 0 Å². The molecule has 4 nitrogen and oxygen atoms in total. The molecule has 0 saturated carbocycles. The van der Waals surface area contributed by atoms with Gasteiger partial charge in [-0.25, -0.2) is 4.39 Å². The summed E-state index contributed by atoms with van der Waals surface area (Å²) in [6.07, 6.45) is -0.271. The van der Waals surface area contributed by atoms with E-state index < -0.39 is 6.10 Å². The third-order valence-corrected chi connectivity index (χ3v) is 1.56. The number of aliphatic hydroxyl groups excluding tert-OH is 1. The fourth-order valence-corrected chi connectivity index (χ4v) is 0.712. The van der Waals surface area contributed by atoms with Crippen molar-refractivity contribution in [1.82, 2.24) is 0 Å². The van der Waals surface area contributed by atoms with Crippen molar-refractivity contribution in [3.63, 3.8) is 0 Å². The van der Waals surface area contributed by atoms with E-state index in [9.17, 15) is 9.50 Å². The topological polar surface area (TPSA) is 47.9 Å². The van der Waals surface area contributed by atoms with Gasteiger partial charge in [0.2, 0.25) is 0 Å². The summed E-state index contributed by atoms with van der Waals surface area (Å²) in [5.41, 5.74) is 0. The first-order chi connectivity index (χ1) is 6.76. The van der Waals surface area contributed by atoms with E-state index in [0.717, 1.165) is 0 Å². The minimum absolute atomic E-state index is 0.0871. The highest BCUT2D eigenvalue weighted by molar-refractivity contribution is 4.93. The fourth-order valence-electron chi connectivity index (χ4n) is 0.712. The largest absolute Gasteiger partial charge is 0.467 e. The normalized spacial score (nSPS) is 14.1. The van der Waals surface area contributed by atoms with E-state index in [-0.39, 0.29) is 18.9 Å². The molecule has 0 bridgehead atoms. The van der Waals surface area contributed by atoms with E-state index >= 15 is 0 Å². The summed E-state index contributed by atoms with van der Waals surface area (Å²) >= 11 is 0. The van der Waals surface area contributed by atoms with Crippen LogP contribution in [0.5, 0.6) is 0 Å². The average molecular weight is 208 g/mol. The van der Waals surface area contributed by atoms with E-state index in [1.807, 2.05) is 0 Å². The Morgan fingerprint density at radius 2 is 2.21 bits per heavy atom. The average Bonchev–Trinajstić information content (AvgIpc) is 2.22. The van der Waals surface area contributed by atoms with E-state index in [0.29, 0.717) is 19.6 Å². The Labute approximate surface area is 83.3 Å². The zero-order valence-corrected chi connectivity index (χ0v) is 8.53. The van der Waals surface area contributed by atoms with Gasteiger partial charge in [-0.1, -0.05) is 6.92 Å². The lowest BCUT2D eigenvalue weighted by Crippen LogP contribution is -2.14. The molecule has 0 aromatic rings. The molecular formula is C9H17FO4. The molecule has 1 unspecified atom stereocenters. The van der Waals surface area contributed by atoms with Gasteiger partial charge in [0.1, 0.15) is 12.4 Å². The molecule has 0 rings (SSSR count). The summed E-state index contributed by atoms with van der Waals surface area (Å²) in [5, 5.41) is 9.21. The lowest BCUT2D eigenvalue weighted by molar-refractivity contribution is -0.0559. The molecule has 0 aliphatic carbocycles. The molecule has 0 aliphatic heterocycles. The highest BCUT2D eigenvalue weighted by Gasteiger charge is 2.09. The maximum Gasteiger partial charge on any atom is 0.188 e. The summed E-state index contributed by atoms with van der Waals surface area (Å²) < 4.78 is 26.7. The minimum Gasteiger partial charge on any atom is -0.467 e. The van der Waals surface area contributed by atoms with Gasteiger partial charge < -0.3 is 19.3 Å². The van der Waals surface area contributed by atoms with Crippen LogP contribution in [0.2, 0.25) is 0 Å². The monoisotopic (exact) mass is 208 g/mol. The zero-order valence-electron chi connectivity index (χ0n) is 8.53. The third kappa shape index (κ3) is 5.90. The van der Waals surface area contributed by atoms with E-state index in [2.05, 4.69) is 0 Å². The molecule has 0 saturated heterocycles. The number of halogens is 1. The molecule has 84 valence electrons. The lowest BCUT2D eigenvalue weighted by atomic mass is 10.2. The molecule has 5 heteroatoms. The van der Waals surface area contributed by atoms with E-state index in [4.69, 9.17) is 14.2 Å². The Bertz CT molecular complexity index is 161. The molecular weight excluding hydrogens is 191 g/mol. The highest BCUT2D eigenvalue weighted by Crippen LogP contribution is 2.08.